The van der Waals surface area contributed by atoms with Gasteiger partial charge in [-0.3, -0.25) is 0 Å². The molecule has 0 bridgehead atoms. The summed E-state index contributed by atoms with van der Waals surface area (Å²) in [6.07, 6.45) is 0. The second kappa shape index (κ2) is 17.7. The maximum Gasteiger partial charge on any atom is 0 e. The first-order valence-electron chi connectivity index (χ1n) is 0.298. The third-order valence-corrected chi connectivity index (χ3v) is 0. The Labute approximate surface area is 59.6 Å². The van der Waals surface area contributed by atoms with Gasteiger partial charge in [-0.1, -0.05) is 0 Å². The van der Waals surface area contributed by atoms with Crippen LogP contribution in [0.2, 0.25) is 0 Å². The molecule has 0 heterocycles. The van der Waals surface area contributed by atoms with Crippen molar-refractivity contribution >= 4 is 0 Å². The summed E-state index contributed by atoms with van der Waals surface area (Å²) in [5, 5.41) is 0. The Morgan fingerprint density at radius 2 is 1.20 bits per heavy atom. The minimum absolute atomic E-state index is 0. The predicted molar refractivity (Wildman–Crippen MR) is 4.44 cm³/mol. The Hall–Kier alpha value is 1.54. The molecule has 0 saturated heterocycles. The van der Waals surface area contributed by atoms with Gasteiger partial charge in [0.25, 0.3) is 0 Å². The van der Waals surface area contributed by atoms with Crippen LogP contribution in [0.3, 0.4) is 0 Å². The van der Waals surface area contributed by atoms with Crippen LogP contribution in [0.1, 0.15) is 0 Å². The average Bonchev–Trinajstić information content (AvgIpc) is 0.918. The second-order valence-corrected chi connectivity index (χ2v) is 0.275. The summed E-state index contributed by atoms with van der Waals surface area (Å²) in [5.74, 6) is 0. The van der Waals surface area contributed by atoms with Gasteiger partial charge in [0.2, 0.25) is 0 Å². The fourth-order valence-electron chi connectivity index (χ4n) is 0. The van der Waals surface area contributed by atoms with E-state index in [0.717, 1.165) is 0 Å². The van der Waals surface area contributed by atoms with E-state index in [2.05, 4.69) is 0 Å². The summed E-state index contributed by atoms with van der Waals surface area (Å²) < 4.78 is 14.2. The van der Waals surface area contributed by atoms with Gasteiger partial charge in [0.05, 0.1) is 0 Å². The maximum absolute atomic E-state index is 7.09. The van der Waals surface area contributed by atoms with Crippen molar-refractivity contribution in [2.75, 3.05) is 0 Å². The molecule has 0 atom stereocenters. The SMILES string of the molecule is [Ni].[OH][Co][OH].[Zn]. The van der Waals surface area contributed by atoms with Crippen LogP contribution in [-0.2, 0) is 51.3 Å². The molecular formula is H2CoNiO2Zn. The van der Waals surface area contributed by atoms with Crippen molar-refractivity contribution in [3.8, 4) is 0 Å². The zero-order valence-electron chi connectivity index (χ0n) is 2.25. The monoisotopic (exact) mass is 215 g/mol. The van der Waals surface area contributed by atoms with Crippen molar-refractivity contribution in [2.24, 2.45) is 0 Å². The molecule has 0 fully saturated rings. The van der Waals surface area contributed by atoms with Crippen LogP contribution in [0.4, 0.5) is 0 Å². The Bertz CT molecular complexity index is 9.61. The molecule has 0 aliphatic carbocycles. The van der Waals surface area contributed by atoms with Crippen LogP contribution in [0, 0.1) is 0 Å². The molecule has 0 aromatic carbocycles. The zero-order chi connectivity index (χ0) is 2.71. The van der Waals surface area contributed by atoms with Crippen molar-refractivity contribution in [1.82, 2.24) is 0 Å². The molecular weight excluding hydrogens is 215 g/mol. The normalized spacial score (nSPS) is 4.40. The molecule has 0 aliphatic rings. The Morgan fingerprint density at radius 1 is 1.20 bits per heavy atom. The average molecular weight is 217 g/mol. The first-order valence-corrected chi connectivity index (χ1v) is 1.23. The molecule has 0 aromatic heterocycles. The zero-order valence-corrected chi connectivity index (χ0v) is 7.25. The Morgan fingerprint density at radius 3 is 1.20 bits per heavy atom. The number of hydrogen-bond acceptors (Lipinski definition) is 2. The topological polar surface area (TPSA) is 40.5 Å². The van der Waals surface area contributed by atoms with Crippen LogP contribution in [-0.4, -0.2) is 8.44 Å². The molecule has 0 spiro atoms. The van der Waals surface area contributed by atoms with E-state index in [4.69, 9.17) is 8.44 Å². The smallest absolute Gasteiger partial charge is 0 e. The summed E-state index contributed by atoms with van der Waals surface area (Å²) in [5.41, 5.74) is 0. The summed E-state index contributed by atoms with van der Waals surface area (Å²) >= 11 is -0.562. The van der Waals surface area contributed by atoms with Gasteiger partial charge in [0, 0.05) is 36.0 Å². The van der Waals surface area contributed by atoms with Crippen molar-refractivity contribution in [3.05, 3.63) is 0 Å². The number of rotatable bonds is 0. The van der Waals surface area contributed by atoms with Crippen LogP contribution in [0.5, 0.6) is 0 Å². The Kier molecular flexibility index (Phi) is 56.7. The first-order chi connectivity index (χ1) is 1.41. The molecule has 5 heteroatoms. The number of hydrogen-bond donors (Lipinski definition) is 2. The summed E-state index contributed by atoms with van der Waals surface area (Å²) in [4.78, 5) is 0. The minimum atomic E-state index is -0.562. The molecule has 0 radical (unpaired) electrons. The molecule has 0 aromatic rings. The van der Waals surface area contributed by atoms with E-state index >= 15 is 0 Å². The van der Waals surface area contributed by atoms with E-state index in [9.17, 15) is 0 Å². The van der Waals surface area contributed by atoms with Gasteiger partial charge in [-0.25, -0.2) is 0 Å². The van der Waals surface area contributed by atoms with E-state index < -0.39 is 15.3 Å². The molecule has 2 N–H and O–H groups in total. The van der Waals surface area contributed by atoms with Crippen molar-refractivity contribution < 1.29 is 59.8 Å². The second-order valence-electron chi connectivity index (χ2n) is 0.0667. The van der Waals surface area contributed by atoms with Crippen LogP contribution < -0.4 is 0 Å². The largest absolute Gasteiger partial charge is 0 e. The van der Waals surface area contributed by atoms with Gasteiger partial charge in [-0.2, -0.15) is 0 Å². The van der Waals surface area contributed by atoms with E-state index in [-0.39, 0.29) is 36.0 Å². The van der Waals surface area contributed by atoms with Crippen LogP contribution in [0.25, 0.3) is 0 Å². The fraction of sp³-hybridized carbons (Fsp3) is 0. The van der Waals surface area contributed by atoms with Gasteiger partial charge in [-0.15, -0.1) is 0 Å². The van der Waals surface area contributed by atoms with Gasteiger partial charge in [0.1, 0.15) is 0 Å². The van der Waals surface area contributed by atoms with Crippen molar-refractivity contribution in [2.45, 2.75) is 0 Å². The van der Waals surface area contributed by atoms with Crippen LogP contribution in [0.15, 0.2) is 0 Å². The molecule has 0 unspecified atom stereocenters. The predicted octanol–water partition coefficient (Wildman–Crippen LogP) is -1.12. The van der Waals surface area contributed by atoms with Gasteiger partial charge < -0.3 is 0 Å². The minimum Gasteiger partial charge on any atom is 0 e. The van der Waals surface area contributed by atoms with Crippen molar-refractivity contribution in [3.63, 3.8) is 0 Å². The molecule has 0 saturated carbocycles. The quantitative estimate of drug-likeness (QED) is 0.504. The summed E-state index contributed by atoms with van der Waals surface area (Å²) in [7, 11) is 0. The fourth-order valence-corrected chi connectivity index (χ4v) is 0. The van der Waals surface area contributed by atoms with Crippen molar-refractivity contribution in [1.29, 1.82) is 0 Å². The molecule has 35 valence electrons. The molecule has 0 amide bonds. The molecule has 0 rings (SSSR count). The van der Waals surface area contributed by atoms with Crippen LogP contribution >= 0.6 is 0 Å². The Balaban J connectivity index is -0.0000000200. The van der Waals surface area contributed by atoms with Gasteiger partial charge in [0.15, 0.2) is 0 Å². The standard InChI is InChI=1S/Co.Ni.2H2O.Zn/h;;2*1H2;/q+2;;;;/p-2. The maximum atomic E-state index is 7.09. The summed E-state index contributed by atoms with van der Waals surface area (Å²) in [6, 6.07) is 0. The van der Waals surface area contributed by atoms with Gasteiger partial charge in [-0.05, 0) is 0 Å². The van der Waals surface area contributed by atoms with E-state index in [1.165, 1.54) is 0 Å². The molecule has 5 heavy (non-hydrogen) atoms. The summed E-state index contributed by atoms with van der Waals surface area (Å²) in [6.45, 7) is 0. The van der Waals surface area contributed by atoms with Gasteiger partial charge >= 0.3 is 23.8 Å². The third kappa shape index (κ3) is 29.2. The van der Waals surface area contributed by atoms with E-state index in [1.54, 1.807) is 0 Å². The molecule has 2 nitrogen and oxygen atoms in total. The third-order valence-electron chi connectivity index (χ3n) is 0. The molecule has 0 aliphatic heterocycles. The first kappa shape index (κ1) is 16.0. The van der Waals surface area contributed by atoms with E-state index in [1.807, 2.05) is 0 Å². The van der Waals surface area contributed by atoms with E-state index in [0.29, 0.717) is 0 Å².